The molecule has 0 unspecified atom stereocenters. The first-order valence-corrected chi connectivity index (χ1v) is 14.6. The molecule has 5 aliphatic rings. The van der Waals surface area contributed by atoms with Crippen molar-refractivity contribution >= 4 is 12.3 Å². The summed E-state index contributed by atoms with van der Waals surface area (Å²) in [6.07, 6.45) is 13.4. The molecular weight excluding hydrogens is 432 g/mol. The molecule has 5 saturated carbocycles. The zero-order valence-electron chi connectivity index (χ0n) is 23.5. The van der Waals surface area contributed by atoms with Crippen LogP contribution in [0.25, 0.3) is 0 Å². The predicted octanol–water partition coefficient (Wildman–Crippen LogP) is 7.77. The van der Waals surface area contributed by atoms with Crippen LogP contribution < -0.4 is 0 Å². The third-order valence-corrected chi connectivity index (χ3v) is 13.7. The third-order valence-electron chi connectivity index (χ3n) is 13.7. The Morgan fingerprint density at radius 1 is 0.829 bits per heavy atom. The number of hydrogen-bond acceptors (Lipinski definition) is 3. The molecule has 0 bridgehead atoms. The summed E-state index contributed by atoms with van der Waals surface area (Å²) < 4.78 is 5.89. The Bertz CT molecular complexity index is 920. The number of hydrogen-bond donors (Lipinski definition) is 0. The average molecular weight is 483 g/mol. The molecule has 0 aliphatic heterocycles. The summed E-state index contributed by atoms with van der Waals surface area (Å²) in [5.41, 5.74) is 2.18. The molecular formula is C32H50O3. The van der Waals surface area contributed by atoms with E-state index in [-0.39, 0.29) is 17.5 Å². The van der Waals surface area contributed by atoms with Gasteiger partial charge in [-0.15, -0.1) is 0 Å². The van der Waals surface area contributed by atoms with Gasteiger partial charge in [-0.2, -0.15) is 0 Å². The molecule has 196 valence electrons. The summed E-state index contributed by atoms with van der Waals surface area (Å²) in [7, 11) is 0. The van der Waals surface area contributed by atoms with Gasteiger partial charge in [-0.3, -0.25) is 9.59 Å². The van der Waals surface area contributed by atoms with Gasteiger partial charge in [0.15, 0.2) is 0 Å². The molecule has 35 heavy (non-hydrogen) atoms. The maximum atomic E-state index is 11.9. The van der Waals surface area contributed by atoms with Crippen molar-refractivity contribution in [1.82, 2.24) is 0 Å². The van der Waals surface area contributed by atoms with E-state index in [1.165, 1.54) is 51.4 Å². The van der Waals surface area contributed by atoms with Crippen molar-refractivity contribution in [2.75, 3.05) is 0 Å². The zero-order chi connectivity index (χ0) is 25.6. The fraction of sp³-hybridized carbons (Fsp3) is 0.875. The molecule has 5 fully saturated rings. The van der Waals surface area contributed by atoms with Gasteiger partial charge in [-0.1, -0.05) is 48.1 Å². The number of carbonyl (C=O) groups excluding carboxylic acids is 2. The number of rotatable bonds is 3. The fourth-order valence-corrected chi connectivity index (χ4v) is 11.8. The van der Waals surface area contributed by atoms with E-state index in [1.807, 2.05) is 0 Å². The highest BCUT2D eigenvalue weighted by Crippen LogP contribution is 2.77. The molecule has 0 heterocycles. The Labute approximate surface area is 214 Å². The topological polar surface area (TPSA) is 43.4 Å². The first-order chi connectivity index (χ1) is 16.2. The van der Waals surface area contributed by atoms with Crippen molar-refractivity contribution in [3.05, 3.63) is 12.2 Å². The first kappa shape index (κ1) is 25.5. The molecule has 0 saturated heterocycles. The second kappa shape index (κ2) is 7.94. The lowest BCUT2D eigenvalue weighted by atomic mass is 9.32. The van der Waals surface area contributed by atoms with Crippen molar-refractivity contribution in [3.63, 3.8) is 0 Å². The highest BCUT2D eigenvalue weighted by molar-refractivity contribution is 5.73. The maximum absolute atomic E-state index is 11.9. The number of aldehydes is 1. The molecule has 0 aromatic rings. The summed E-state index contributed by atoms with van der Waals surface area (Å²) in [6, 6.07) is 0. The Morgan fingerprint density at radius 2 is 1.54 bits per heavy atom. The number of ether oxygens (including phenoxy) is 1. The molecule has 0 aromatic carbocycles. The molecule has 5 aliphatic carbocycles. The summed E-state index contributed by atoms with van der Waals surface area (Å²) in [6.45, 7) is 21.0. The average Bonchev–Trinajstić information content (AvgIpc) is 3.13. The van der Waals surface area contributed by atoms with Crippen LogP contribution in [0.1, 0.15) is 113 Å². The van der Waals surface area contributed by atoms with E-state index in [1.54, 1.807) is 6.92 Å². The lowest BCUT2D eigenvalue weighted by Crippen LogP contribution is -2.66. The quantitative estimate of drug-likeness (QED) is 0.234. The van der Waals surface area contributed by atoms with Gasteiger partial charge >= 0.3 is 5.97 Å². The van der Waals surface area contributed by atoms with Crippen molar-refractivity contribution < 1.29 is 14.3 Å². The highest BCUT2D eigenvalue weighted by Gasteiger charge is 2.70. The molecule has 3 heteroatoms. The Balaban J connectivity index is 1.50. The molecule has 0 amide bonds. The number of allylic oxidation sites excluding steroid dienone is 1. The van der Waals surface area contributed by atoms with Crippen LogP contribution in [0.15, 0.2) is 12.2 Å². The van der Waals surface area contributed by atoms with E-state index >= 15 is 0 Å². The lowest BCUT2D eigenvalue weighted by molar-refractivity contribution is -0.248. The second-order valence-electron chi connectivity index (χ2n) is 15.1. The van der Waals surface area contributed by atoms with E-state index in [0.29, 0.717) is 51.2 Å². The van der Waals surface area contributed by atoms with Crippen LogP contribution in [-0.2, 0) is 14.3 Å². The van der Waals surface area contributed by atoms with Gasteiger partial charge in [0.25, 0.3) is 0 Å². The van der Waals surface area contributed by atoms with Gasteiger partial charge in [0, 0.05) is 12.3 Å². The molecule has 0 aromatic heterocycles. The largest absolute Gasteiger partial charge is 0.462 e. The second-order valence-corrected chi connectivity index (χ2v) is 15.1. The highest BCUT2D eigenvalue weighted by atomic mass is 16.5. The van der Waals surface area contributed by atoms with Crippen molar-refractivity contribution in [3.8, 4) is 0 Å². The van der Waals surface area contributed by atoms with E-state index in [0.717, 1.165) is 24.7 Å². The van der Waals surface area contributed by atoms with Crippen LogP contribution in [0.4, 0.5) is 0 Å². The van der Waals surface area contributed by atoms with E-state index in [9.17, 15) is 9.59 Å². The smallest absolute Gasteiger partial charge is 0.302 e. The minimum atomic E-state index is -0.131. The lowest BCUT2D eigenvalue weighted by Gasteiger charge is -2.73. The molecule has 10 atom stereocenters. The number of carbonyl (C=O) groups is 2. The van der Waals surface area contributed by atoms with Crippen LogP contribution in [0.2, 0.25) is 0 Å². The Hall–Kier alpha value is -1.12. The van der Waals surface area contributed by atoms with Crippen LogP contribution >= 0.6 is 0 Å². The minimum Gasteiger partial charge on any atom is -0.462 e. The normalized spacial score (nSPS) is 52.3. The van der Waals surface area contributed by atoms with Gasteiger partial charge in [0.1, 0.15) is 12.4 Å². The predicted molar refractivity (Wildman–Crippen MR) is 141 cm³/mol. The monoisotopic (exact) mass is 482 g/mol. The van der Waals surface area contributed by atoms with Gasteiger partial charge in [0.2, 0.25) is 0 Å². The van der Waals surface area contributed by atoms with Crippen molar-refractivity contribution in [2.45, 2.75) is 119 Å². The zero-order valence-corrected chi connectivity index (χ0v) is 23.5. The van der Waals surface area contributed by atoms with E-state index in [2.05, 4.69) is 48.1 Å². The van der Waals surface area contributed by atoms with E-state index < -0.39 is 0 Å². The van der Waals surface area contributed by atoms with Crippen molar-refractivity contribution in [2.24, 2.45) is 56.7 Å². The van der Waals surface area contributed by atoms with Crippen LogP contribution in [0, 0.1) is 56.7 Å². The SMILES string of the molecule is C=C(C=O)[C@@H]1CC[C@]2(C)CC[C@]3(C)[C@H](CC[C@@H]4[C@@]5(C)CC[C@H](OC(C)=O)C(C)(C)[C@@H]5CC[C@]43C)[C@@H]12. The third kappa shape index (κ3) is 3.27. The molecule has 0 spiro atoms. The van der Waals surface area contributed by atoms with Crippen LogP contribution in [-0.4, -0.2) is 18.4 Å². The molecule has 3 nitrogen and oxygen atoms in total. The van der Waals surface area contributed by atoms with Gasteiger partial charge in [-0.05, 0) is 121 Å². The van der Waals surface area contributed by atoms with Gasteiger partial charge in [0.05, 0.1) is 0 Å². The fourth-order valence-electron chi connectivity index (χ4n) is 11.8. The van der Waals surface area contributed by atoms with Crippen LogP contribution in [0.5, 0.6) is 0 Å². The molecule has 0 N–H and O–H groups in total. The van der Waals surface area contributed by atoms with E-state index in [4.69, 9.17) is 4.74 Å². The summed E-state index contributed by atoms with van der Waals surface area (Å²) in [5, 5.41) is 0. The Kier molecular flexibility index (Phi) is 5.79. The summed E-state index contributed by atoms with van der Waals surface area (Å²) in [5.74, 6) is 2.86. The first-order valence-electron chi connectivity index (χ1n) is 14.6. The number of fused-ring (bicyclic) bond motifs is 7. The maximum Gasteiger partial charge on any atom is 0.302 e. The van der Waals surface area contributed by atoms with Crippen LogP contribution in [0.3, 0.4) is 0 Å². The van der Waals surface area contributed by atoms with Gasteiger partial charge < -0.3 is 4.74 Å². The molecule has 5 rings (SSSR count). The summed E-state index contributed by atoms with van der Waals surface area (Å²) >= 11 is 0. The van der Waals surface area contributed by atoms with Gasteiger partial charge in [-0.25, -0.2) is 0 Å². The Morgan fingerprint density at radius 3 is 2.20 bits per heavy atom. The standard InChI is InChI=1S/C32H50O3/c1-20(19-33)22-11-14-29(5)17-18-31(7)23(27(22)29)9-10-25-30(6)15-13-26(35-21(2)34)28(3,4)24(30)12-16-32(25,31)8/h19,22-27H,1,9-18H2,2-8H3/t22-,23+,24-,25+,26-,27+,29+,30-,31+,32+/m0/s1. The molecule has 0 radical (unpaired) electrons. The minimum absolute atomic E-state index is 0.0150. The summed E-state index contributed by atoms with van der Waals surface area (Å²) in [4.78, 5) is 23.7. The van der Waals surface area contributed by atoms with Crippen molar-refractivity contribution in [1.29, 1.82) is 0 Å². The number of esters is 1.